The zero-order chi connectivity index (χ0) is 24.6. The molecule has 0 saturated carbocycles. The summed E-state index contributed by atoms with van der Waals surface area (Å²) in [5.74, 6) is 0.704. The molecule has 0 atom stereocenters. The number of rotatable bonds is 4. The largest absolute Gasteiger partial charge is 0.464 e. The van der Waals surface area contributed by atoms with Crippen molar-refractivity contribution >= 4 is 17.3 Å². The third-order valence-electron chi connectivity index (χ3n) is 6.38. The summed E-state index contributed by atoms with van der Waals surface area (Å²) in [6.07, 6.45) is 5.27. The van der Waals surface area contributed by atoms with Gasteiger partial charge in [0.15, 0.2) is 0 Å². The summed E-state index contributed by atoms with van der Waals surface area (Å²) in [4.78, 5) is 11.0. The number of aryl methyl sites for hydroxylation is 1. The minimum absolute atomic E-state index is 0.272. The van der Waals surface area contributed by atoms with Crippen LogP contribution < -0.4 is 4.90 Å². The van der Waals surface area contributed by atoms with Gasteiger partial charge in [0.2, 0.25) is 0 Å². The molecule has 180 valence electrons. The van der Waals surface area contributed by atoms with Crippen molar-refractivity contribution < 1.29 is 17.6 Å². The van der Waals surface area contributed by atoms with Gasteiger partial charge in [-0.15, -0.1) is 0 Å². The molecule has 0 N–H and O–H groups in total. The lowest BCUT2D eigenvalue weighted by Gasteiger charge is -2.28. The smallest absolute Gasteiger partial charge is 0.416 e. The summed E-state index contributed by atoms with van der Waals surface area (Å²) in [5, 5.41) is 0.321. The number of fused-ring (bicyclic) bond motifs is 1. The second kappa shape index (κ2) is 9.38. The maximum Gasteiger partial charge on any atom is 0.416 e. The van der Waals surface area contributed by atoms with Gasteiger partial charge < -0.3 is 9.32 Å². The summed E-state index contributed by atoms with van der Waals surface area (Å²) < 4.78 is 45.8. The fourth-order valence-corrected chi connectivity index (χ4v) is 4.80. The average molecular weight is 498 g/mol. The third-order valence-corrected chi connectivity index (χ3v) is 6.75. The van der Waals surface area contributed by atoms with Gasteiger partial charge >= 0.3 is 6.18 Å². The van der Waals surface area contributed by atoms with Crippen molar-refractivity contribution in [2.45, 2.75) is 38.9 Å². The normalized spacial score (nSPS) is 14.0. The van der Waals surface area contributed by atoms with E-state index in [4.69, 9.17) is 21.0 Å². The standard InChI is InChI=1S/C27H23ClF3N3O/c1-17-22(20-12-25(35-16-20)18-5-4-9-32-13-18)14-33-24-6-2-3-10-34(26(17)24)15-19-11-21(27(29,30)31)7-8-23(19)28/h4-5,7-9,11-14,16H,2-3,6,10,15H2,1H3. The van der Waals surface area contributed by atoms with Crippen LogP contribution in [0.25, 0.3) is 22.5 Å². The number of benzene rings is 1. The molecule has 1 aliphatic rings. The van der Waals surface area contributed by atoms with Crippen molar-refractivity contribution in [1.82, 2.24) is 9.97 Å². The fraction of sp³-hybridized carbons (Fsp3) is 0.259. The molecule has 0 fully saturated rings. The van der Waals surface area contributed by atoms with Crippen molar-refractivity contribution in [3.63, 3.8) is 0 Å². The Morgan fingerprint density at radius 1 is 1.09 bits per heavy atom. The third kappa shape index (κ3) is 4.78. The highest BCUT2D eigenvalue weighted by molar-refractivity contribution is 6.31. The number of hydrogen-bond donors (Lipinski definition) is 0. The van der Waals surface area contributed by atoms with Crippen LogP contribution in [0, 0.1) is 6.92 Å². The van der Waals surface area contributed by atoms with Gasteiger partial charge in [0.05, 0.1) is 23.2 Å². The SMILES string of the molecule is Cc1c(-c2coc(-c3cccnc3)c2)cnc2c1N(Cc1cc(C(F)(F)F)ccc1Cl)CCCC2. The molecule has 4 aromatic rings. The molecule has 0 unspecified atom stereocenters. The Bertz CT molecular complexity index is 1350. The van der Waals surface area contributed by atoms with Crippen LogP contribution >= 0.6 is 11.6 Å². The Morgan fingerprint density at radius 3 is 2.71 bits per heavy atom. The number of pyridine rings is 2. The van der Waals surface area contributed by atoms with Gasteiger partial charge in [0, 0.05) is 53.4 Å². The van der Waals surface area contributed by atoms with Gasteiger partial charge in [0.1, 0.15) is 5.76 Å². The first-order valence-electron chi connectivity index (χ1n) is 11.4. The van der Waals surface area contributed by atoms with E-state index in [1.54, 1.807) is 18.7 Å². The van der Waals surface area contributed by atoms with E-state index in [0.29, 0.717) is 22.9 Å². The van der Waals surface area contributed by atoms with Crippen molar-refractivity contribution in [3.05, 3.63) is 88.7 Å². The minimum Gasteiger partial charge on any atom is -0.464 e. The summed E-state index contributed by atoms with van der Waals surface area (Å²) in [7, 11) is 0. The fourth-order valence-electron chi connectivity index (χ4n) is 4.62. The summed E-state index contributed by atoms with van der Waals surface area (Å²) in [5.41, 5.74) is 5.35. The molecule has 3 aromatic heterocycles. The van der Waals surface area contributed by atoms with Gasteiger partial charge in [-0.25, -0.2) is 0 Å². The zero-order valence-corrected chi connectivity index (χ0v) is 19.8. The molecule has 0 amide bonds. The van der Waals surface area contributed by atoms with Crippen molar-refractivity contribution in [2.24, 2.45) is 0 Å². The van der Waals surface area contributed by atoms with E-state index < -0.39 is 11.7 Å². The van der Waals surface area contributed by atoms with Crippen molar-refractivity contribution in [1.29, 1.82) is 0 Å². The molecule has 5 rings (SSSR count). The first-order chi connectivity index (χ1) is 16.8. The van der Waals surface area contributed by atoms with Gasteiger partial charge in [-0.1, -0.05) is 11.6 Å². The molecule has 0 saturated heterocycles. The number of nitrogens with zero attached hydrogens (tertiary/aromatic N) is 3. The number of anilines is 1. The predicted octanol–water partition coefficient (Wildman–Crippen LogP) is 7.73. The number of aromatic nitrogens is 2. The Morgan fingerprint density at radius 2 is 1.94 bits per heavy atom. The van der Waals surface area contributed by atoms with Gasteiger partial charge in [-0.05, 0) is 73.7 Å². The Kier molecular flexibility index (Phi) is 6.28. The molecule has 1 aliphatic heterocycles. The van der Waals surface area contributed by atoms with Crippen LogP contribution in [0.2, 0.25) is 5.02 Å². The Hall–Kier alpha value is -3.32. The topological polar surface area (TPSA) is 42.2 Å². The Labute approximate surface area is 206 Å². The zero-order valence-electron chi connectivity index (χ0n) is 19.1. The molecule has 35 heavy (non-hydrogen) atoms. The molecule has 4 nitrogen and oxygen atoms in total. The molecular formula is C27H23ClF3N3O. The summed E-state index contributed by atoms with van der Waals surface area (Å²) in [6, 6.07) is 9.23. The predicted molar refractivity (Wildman–Crippen MR) is 130 cm³/mol. The first kappa shape index (κ1) is 23.4. The van der Waals surface area contributed by atoms with Crippen molar-refractivity contribution in [2.75, 3.05) is 11.4 Å². The molecular weight excluding hydrogens is 475 g/mol. The maximum atomic E-state index is 13.3. The molecule has 0 bridgehead atoms. The van der Waals surface area contributed by atoms with E-state index in [0.717, 1.165) is 65.0 Å². The molecule has 0 aliphatic carbocycles. The number of hydrogen-bond acceptors (Lipinski definition) is 4. The number of furan rings is 1. The number of alkyl halides is 3. The van der Waals surface area contributed by atoms with Crippen LogP contribution in [-0.2, 0) is 19.1 Å². The minimum atomic E-state index is -4.42. The summed E-state index contributed by atoms with van der Waals surface area (Å²) in [6.45, 7) is 3.00. The van der Waals surface area contributed by atoms with E-state index in [9.17, 15) is 13.2 Å². The second-order valence-corrected chi connectivity index (χ2v) is 9.12. The monoisotopic (exact) mass is 497 g/mol. The van der Waals surface area contributed by atoms with E-state index >= 15 is 0 Å². The second-order valence-electron chi connectivity index (χ2n) is 8.72. The van der Waals surface area contributed by atoms with Crippen molar-refractivity contribution in [3.8, 4) is 22.5 Å². The highest BCUT2D eigenvalue weighted by Crippen LogP contribution is 2.39. The van der Waals surface area contributed by atoms with Crippen LogP contribution in [0.4, 0.5) is 18.9 Å². The van der Waals surface area contributed by atoms with Crippen LogP contribution in [0.15, 0.2) is 65.7 Å². The maximum absolute atomic E-state index is 13.3. The number of halogens is 4. The Balaban J connectivity index is 1.53. The van der Waals surface area contributed by atoms with Crippen LogP contribution in [0.3, 0.4) is 0 Å². The highest BCUT2D eigenvalue weighted by Gasteiger charge is 2.31. The first-order valence-corrected chi connectivity index (χ1v) is 11.8. The molecule has 0 spiro atoms. The highest BCUT2D eigenvalue weighted by atomic mass is 35.5. The molecule has 0 radical (unpaired) electrons. The molecule has 8 heteroatoms. The molecule has 4 heterocycles. The van der Waals surface area contributed by atoms with E-state index in [1.165, 1.54) is 6.07 Å². The van der Waals surface area contributed by atoms with Crippen LogP contribution in [-0.4, -0.2) is 16.5 Å². The molecule has 1 aromatic carbocycles. The lowest BCUT2D eigenvalue weighted by atomic mass is 10.00. The quantitative estimate of drug-likeness (QED) is 0.289. The van der Waals surface area contributed by atoms with Crippen LogP contribution in [0.5, 0.6) is 0 Å². The van der Waals surface area contributed by atoms with Crippen LogP contribution in [0.1, 0.15) is 35.2 Å². The average Bonchev–Trinajstić information content (AvgIpc) is 3.23. The van der Waals surface area contributed by atoms with Gasteiger partial charge in [-0.3, -0.25) is 9.97 Å². The lowest BCUT2D eigenvalue weighted by molar-refractivity contribution is -0.137. The van der Waals surface area contributed by atoms with E-state index in [-0.39, 0.29) is 6.54 Å². The van der Waals surface area contributed by atoms with E-state index in [1.807, 2.05) is 31.3 Å². The van der Waals surface area contributed by atoms with Gasteiger partial charge in [-0.2, -0.15) is 13.2 Å². The van der Waals surface area contributed by atoms with E-state index in [2.05, 4.69) is 9.88 Å². The summed E-state index contributed by atoms with van der Waals surface area (Å²) >= 11 is 6.33. The lowest BCUT2D eigenvalue weighted by Crippen LogP contribution is -2.25. The van der Waals surface area contributed by atoms with Gasteiger partial charge in [0.25, 0.3) is 0 Å².